The molecule has 3 heterocycles. The zero-order chi connectivity index (χ0) is 13.6. The highest BCUT2D eigenvalue weighted by Crippen LogP contribution is 2.33. The van der Waals surface area contributed by atoms with Crippen molar-refractivity contribution >= 4 is 17.0 Å². The lowest BCUT2D eigenvalue weighted by molar-refractivity contribution is -0.0120. The van der Waals surface area contributed by atoms with Crippen LogP contribution in [0.2, 0.25) is 0 Å². The molecule has 1 aliphatic heterocycles. The third-order valence-corrected chi connectivity index (χ3v) is 2.93. The minimum atomic E-state index is -1.44. The lowest BCUT2D eigenvalue weighted by atomic mass is 10.2. The fourth-order valence-corrected chi connectivity index (χ4v) is 1.97. The van der Waals surface area contributed by atoms with Crippen LogP contribution in [0, 0.1) is 0 Å². The Morgan fingerprint density at radius 1 is 1.37 bits per heavy atom. The molecule has 0 aromatic carbocycles. The Balaban J connectivity index is 2.09. The van der Waals surface area contributed by atoms with Crippen LogP contribution in [0.4, 0.5) is 10.2 Å². The average molecular weight is 267 g/mol. The van der Waals surface area contributed by atoms with E-state index in [1.54, 1.807) is 0 Å². The van der Waals surface area contributed by atoms with Gasteiger partial charge in [0.25, 0.3) is 0 Å². The van der Waals surface area contributed by atoms with Crippen LogP contribution in [0.25, 0.3) is 11.2 Å². The van der Waals surface area contributed by atoms with Gasteiger partial charge in [-0.3, -0.25) is 4.57 Å². The maximum Gasteiger partial charge on any atom is 0.207 e. The number of aromatic nitrogens is 4. The number of nitrogen functional groups attached to an aromatic ring is 1. The molecule has 1 fully saturated rings. The second-order valence-corrected chi connectivity index (χ2v) is 4.04. The van der Waals surface area contributed by atoms with Crippen molar-refractivity contribution in [2.45, 2.75) is 18.4 Å². The lowest BCUT2D eigenvalue weighted by Gasteiger charge is -2.15. The third kappa shape index (κ3) is 1.63. The summed E-state index contributed by atoms with van der Waals surface area (Å²) in [5.41, 5.74) is 6.29. The highest BCUT2D eigenvalue weighted by molar-refractivity contribution is 5.81. The van der Waals surface area contributed by atoms with Gasteiger partial charge in [0, 0.05) is 0 Å². The second kappa shape index (κ2) is 4.14. The van der Waals surface area contributed by atoms with Crippen LogP contribution < -0.4 is 5.73 Å². The number of ether oxygens (including phenoxy) is 1. The van der Waals surface area contributed by atoms with Crippen LogP contribution in [0.15, 0.2) is 24.7 Å². The van der Waals surface area contributed by atoms with Gasteiger partial charge in [-0.1, -0.05) is 0 Å². The molecule has 0 amide bonds. The van der Waals surface area contributed by atoms with E-state index in [4.69, 9.17) is 10.5 Å². The minimum absolute atomic E-state index is 0.107. The lowest BCUT2D eigenvalue weighted by Crippen LogP contribution is -2.27. The van der Waals surface area contributed by atoms with Gasteiger partial charge in [0.1, 0.15) is 36.7 Å². The minimum Gasteiger partial charge on any atom is -0.466 e. The molecule has 0 radical (unpaired) electrons. The summed E-state index contributed by atoms with van der Waals surface area (Å²) in [5.74, 6) is -0.167. The van der Waals surface area contributed by atoms with E-state index in [1.165, 1.54) is 17.2 Å². The summed E-state index contributed by atoms with van der Waals surface area (Å²) >= 11 is 0. The molecule has 2 aromatic rings. The van der Waals surface area contributed by atoms with Crippen molar-refractivity contribution in [3.8, 4) is 0 Å². The molecule has 0 saturated carbocycles. The molecule has 19 heavy (non-hydrogen) atoms. The van der Waals surface area contributed by atoms with Crippen LogP contribution in [-0.4, -0.2) is 41.9 Å². The maximum atomic E-state index is 12.5. The Morgan fingerprint density at radius 2 is 2.16 bits per heavy atom. The monoisotopic (exact) mass is 267 g/mol. The van der Waals surface area contributed by atoms with E-state index in [-0.39, 0.29) is 17.9 Å². The standard InChI is InChI=1S/C10H10FN5O3/c11-1-4-6(17)7(18)10(19-4)16-3-15-5-8(12)13-2-14-9(5)16/h1-3,6-7,10,17-18H,(H2,12,13,14)/b4-1+/t6-,7-,10+/m0/s1. The van der Waals surface area contributed by atoms with Crippen molar-refractivity contribution in [3.63, 3.8) is 0 Å². The van der Waals surface area contributed by atoms with Gasteiger partial charge in [-0.05, 0) is 0 Å². The first-order chi connectivity index (χ1) is 9.13. The number of aliphatic hydroxyl groups excluding tert-OH is 2. The molecule has 1 saturated heterocycles. The van der Waals surface area contributed by atoms with E-state index >= 15 is 0 Å². The van der Waals surface area contributed by atoms with E-state index in [0.29, 0.717) is 11.2 Å². The van der Waals surface area contributed by atoms with Crippen molar-refractivity contribution in [2.24, 2.45) is 0 Å². The molecule has 3 rings (SSSR count). The van der Waals surface area contributed by atoms with E-state index < -0.39 is 18.4 Å². The van der Waals surface area contributed by atoms with Gasteiger partial charge in [0.2, 0.25) is 6.23 Å². The highest BCUT2D eigenvalue weighted by Gasteiger charge is 2.41. The number of rotatable bonds is 1. The smallest absolute Gasteiger partial charge is 0.207 e. The largest absolute Gasteiger partial charge is 0.466 e. The summed E-state index contributed by atoms with van der Waals surface area (Å²) in [7, 11) is 0. The Hall–Kier alpha value is -2.26. The molecule has 2 aromatic heterocycles. The number of hydrogen-bond acceptors (Lipinski definition) is 7. The molecule has 9 heteroatoms. The van der Waals surface area contributed by atoms with Crippen LogP contribution in [0.1, 0.15) is 6.23 Å². The molecule has 0 unspecified atom stereocenters. The normalized spacial score (nSPS) is 29.0. The molecule has 8 nitrogen and oxygen atoms in total. The predicted octanol–water partition coefficient (Wildman–Crippen LogP) is -0.530. The van der Waals surface area contributed by atoms with E-state index in [2.05, 4.69) is 15.0 Å². The summed E-state index contributed by atoms with van der Waals surface area (Å²) in [6.07, 6.45) is -1.13. The zero-order valence-electron chi connectivity index (χ0n) is 9.51. The first-order valence-electron chi connectivity index (χ1n) is 5.39. The fourth-order valence-electron chi connectivity index (χ4n) is 1.97. The summed E-state index contributed by atoms with van der Waals surface area (Å²) in [5, 5.41) is 19.4. The molecule has 100 valence electrons. The summed E-state index contributed by atoms with van der Waals surface area (Å²) in [4.78, 5) is 11.8. The average Bonchev–Trinajstić information content (AvgIpc) is 2.94. The summed E-state index contributed by atoms with van der Waals surface area (Å²) in [6.45, 7) is 0. The number of nitrogens with two attached hydrogens (primary N) is 1. The van der Waals surface area contributed by atoms with Crippen LogP contribution >= 0.6 is 0 Å². The van der Waals surface area contributed by atoms with Crippen molar-refractivity contribution in [2.75, 3.05) is 5.73 Å². The van der Waals surface area contributed by atoms with Gasteiger partial charge >= 0.3 is 0 Å². The first kappa shape index (κ1) is 11.8. The topological polar surface area (TPSA) is 119 Å². The Bertz CT molecular complexity index is 658. The van der Waals surface area contributed by atoms with Crippen LogP contribution in [-0.2, 0) is 4.74 Å². The SMILES string of the molecule is Nc1ncnc2c1ncn2[C@@H]1O/C(=C/F)[C@H](O)[C@@H]1O. The predicted molar refractivity (Wildman–Crippen MR) is 61.1 cm³/mol. The van der Waals surface area contributed by atoms with Gasteiger partial charge in [0.15, 0.2) is 17.2 Å². The Labute approximate surface area is 106 Å². The molecule has 0 spiro atoms. The number of nitrogens with zero attached hydrogens (tertiary/aromatic N) is 4. The Kier molecular flexibility index (Phi) is 2.57. The summed E-state index contributed by atoms with van der Waals surface area (Å²) in [6, 6.07) is 0. The van der Waals surface area contributed by atoms with Gasteiger partial charge < -0.3 is 20.7 Å². The van der Waals surface area contributed by atoms with Gasteiger partial charge in [-0.2, -0.15) is 0 Å². The molecule has 0 aliphatic carbocycles. The van der Waals surface area contributed by atoms with Crippen LogP contribution in [0.5, 0.6) is 0 Å². The maximum absolute atomic E-state index is 12.5. The van der Waals surface area contributed by atoms with Gasteiger partial charge in [0.05, 0.1) is 0 Å². The van der Waals surface area contributed by atoms with Gasteiger partial charge in [-0.15, -0.1) is 0 Å². The third-order valence-electron chi connectivity index (χ3n) is 2.93. The molecule has 1 aliphatic rings. The molecular weight excluding hydrogens is 257 g/mol. The number of aliphatic hydroxyl groups is 2. The first-order valence-corrected chi connectivity index (χ1v) is 5.39. The van der Waals surface area contributed by atoms with E-state index in [0.717, 1.165) is 0 Å². The van der Waals surface area contributed by atoms with Crippen LogP contribution in [0.3, 0.4) is 0 Å². The molecule has 0 bridgehead atoms. The van der Waals surface area contributed by atoms with Crippen molar-refractivity contribution in [1.29, 1.82) is 0 Å². The van der Waals surface area contributed by atoms with Crippen molar-refractivity contribution < 1.29 is 19.3 Å². The highest BCUT2D eigenvalue weighted by atomic mass is 19.1. The van der Waals surface area contributed by atoms with Gasteiger partial charge in [-0.25, -0.2) is 19.3 Å². The second-order valence-electron chi connectivity index (χ2n) is 4.04. The number of anilines is 1. The number of fused-ring (bicyclic) bond motifs is 1. The molecule has 3 atom stereocenters. The van der Waals surface area contributed by atoms with Crippen molar-refractivity contribution in [1.82, 2.24) is 19.5 Å². The van der Waals surface area contributed by atoms with E-state index in [9.17, 15) is 14.6 Å². The number of halogens is 1. The number of imidazole rings is 1. The molecule has 4 N–H and O–H groups in total. The van der Waals surface area contributed by atoms with E-state index in [1.807, 2.05) is 0 Å². The van der Waals surface area contributed by atoms with Crippen molar-refractivity contribution in [3.05, 3.63) is 24.7 Å². The summed E-state index contributed by atoms with van der Waals surface area (Å²) < 4.78 is 19.0. The fraction of sp³-hybridized carbons (Fsp3) is 0.300. The zero-order valence-corrected chi connectivity index (χ0v) is 9.51. The molecular formula is C10H10FN5O3. The Morgan fingerprint density at radius 3 is 2.84 bits per heavy atom. The quantitative estimate of drug-likeness (QED) is 0.635. The number of hydrogen-bond donors (Lipinski definition) is 3.